The zero-order valence-electron chi connectivity index (χ0n) is 10.1. The molecule has 0 aromatic heterocycles. The van der Waals surface area contributed by atoms with Crippen LogP contribution in [0, 0.1) is 6.57 Å². The van der Waals surface area contributed by atoms with Gasteiger partial charge in [-0.3, -0.25) is 0 Å². The Balaban J connectivity index is 2.09. The molecule has 0 bridgehead atoms. The van der Waals surface area contributed by atoms with Crippen molar-refractivity contribution in [2.24, 2.45) is 0 Å². The molecule has 0 saturated heterocycles. The predicted octanol–water partition coefficient (Wildman–Crippen LogP) is 4.54. The van der Waals surface area contributed by atoms with Gasteiger partial charge in [-0.25, -0.2) is 4.85 Å². The monoisotopic (exact) mass is 255 g/mol. The van der Waals surface area contributed by atoms with E-state index in [4.69, 9.17) is 11.3 Å². The normalized spacial score (nSPS) is 9.78. The van der Waals surface area contributed by atoms with Gasteiger partial charge in [-0.15, -0.1) is 11.8 Å². The quantitative estimate of drug-likeness (QED) is 0.588. The van der Waals surface area contributed by atoms with Gasteiger partial charge in [0.05, 0.1) is 13.7 Å². The van der Waals surface area contributed by atoms with Gasteiger partial charge in [0.1, 0.15) is 5.75 Å². The van der Waals surface area contributed by atoms with Crippen molar-refractivity contribution in [1.82, 2.24) is 0 Å². The molecule has 0 atom stereocenters. The molecular formula is C15H13NOS. The second-order valence-electron chi connectivity index (χ2n) is 3.72. The maximum Gasteiger partial charge on any atom is 0.228 e. The molecule has 2 aromatic rings. The lowest BCUT2D eigenvalue weighted by molar-refractivity contribution is 0.416. The first kappa shape index (κ1) is 12.5. The van der Waals surface area contributed by atoms with Crippen molar-refractivity contribution < 1.29 is 4.74 Å². The van der Waals surface area contributed by atoms with Crippen LogP contribution in [0.3, 0.4) is 0 Å². The van der Waals surface area contributed by atoms with Crippen LogP contribution in [0.1, 0.15) is 5.56 Å². The summed E-state index contributed by atoms with van der Waals surface area (Å²) in [5, 5.41) is 0. The Morgan fingerprint density at radius 2 is 1.94 bits per heavy atom. The number of benzene rings is 2. The fourth-order valence-electron chi connectivity index (χ4n) is 1.58. The molecule has 2 rings (SSSR count). The standard InChI is InChI=1S/C15H13NOS/c1-16-14-9-8-13(10-15(14)17-2)18-11-12-6-4-3-5-7-12/h3-10H,11H2,2H3. The molecule has 0 N–H and O–H groups in total. The van der Waals surface area contributed by atoms with E-state index >= 15 is 0 Å². The average Bonchev–Trinajstić information content (AvgIpc) is 2.45. The van der Waals surface area contributed by atoms with Crippen molar-refractivity contribution in [3.05, 3.63) is 65.5 Å². The van der Waals surface area contributed by atoms with Gasteiger partial charge in [0.15, 0.2) is 0 Å². The number of nitrogens with zero attached hydrogens (tertiary/aromatic N) is 1. The molecule has 0 heterocycles. The number of thioether (sulfide) groups is 1. The highest BCUT2D eigenvalue weighted by molar-refractivity contribution is 7.98. The number of hydrogen-bond donors (Lipinski definition) is 0. The summed E-state index contributed by atoms with van der Waals surface area (Å²) in [4.78, 5) is 4.53. The van der Waals surface area contributed by atoms with E-state index in [2.05, 4.69) is 17.0 Å². The maximum atomic E-state index is 7.03. The third-order valence-corrected chi connectivity index (χ3v) is 3.58. The van der Waals surface area contributed by atoms with Crippen LogP contribution in [-0.4, -0.2) is 7.11 Å². The van der Waals surface area contributed by atoms with E-state index in [1.807, 2.05) is 30.3 Å². The second kappa shape index (κ2) is 6.13. The summed E-state index contributed by atoms with van der Waals surface area (Å²) in [7, 11) is 1.59. The third-order valence-electron chi connectivity index (χ3n) is 2.52. The van der Waals surface area contributed by atoms with E-state index in [9.17, 15) is 0 Å². The largest absolute Gasteiger partial charge is 0.508 e. The van der Waals surface area contributed by atoms with Crippen molar-refractivity contribution in [2.45, 2.75) is 10.6 Å². The Hall–Kier alpha value is -1.92. The molecule has 2 nitrogen and oxygen atoms in total. The lowest BCUT2D eigenvalue weighted by atomic mass is 10.2. The van der Waals surface area contributed by atoms with Gasteiger partial charge in [0.2, 0.25) is 5.69 Å². The van der Waals surface area contributed by atoms with Crippen LogP contribution in [0.2, 0.25) is 0 Å². The van der Waals surface area contributed by atoms with Gasteiger partial charge in [0.25, 0.3) is 0 Å². The lowest BCUT2D eigenvalue weighted by Gasteiger charge is -2.06. The summed E-state index contributed by atoms with van der Waals surface area (Å²) in [6.45, 7) is 7.03. The minimum atomic E-state index is 0.557. The topological polar surface area (TPSA) is 13.6 Å². The number of ether oxygens (including phenoxy) is 1. The molecule has 0 aliphatic rings. The van der Waals surface area contributed by atoms with Crippen LogP contribution < -0.4 is 4.74 Å². The van der Waals surface area contributed by atoms with E-state index in [0.29, 0.717) is 11.4 Å². The Labute approximate surface area is 111 Å². The molecule has 3 heteroatoms. The average molecular weight is 255 g/mol. The summed E-state index contributed by atoms with van der Waals surface area (Å²) in [5.41, 5.74) is 1.84. The molecule has 0 amide bonds. The molecule has 0 fully saturated rings. The molecule has 0 aliphatic carbocycles. The SMILES string of the molecule is [C-]#[N+]c1ccc(SCc2ccccc2)cc1OC. The first-order valence-electron chi connectivity index (χ1n) is 5.55. The Morgan fingerprint density at radius 1 is 1.17 bits per heavy atom. The predicted molar refractivity (Wildman–Crippen MR) is 75.3 cm³/mol. The van der Waals surface area contributed by atoms with Gasteiger partial charge in [-0.05, 0) is 11.6 Å². The van der Waals surface area contributed by atoms with Crippen molar-refractivity contribution in [3.63, 3.8) is 0 Å². The van der Waals surface area contributed by atoms with Crippen molar-refractivity contribution in [1.29, 1.82) is 0 Å². The minimum absolute atomic E-state index is 0.557. The minimum Gasteiger partial charge on any atom is -0.508 e. The number of hydrogen-bond acceptors (Lipinski definition) is 2. The summed E-state index contributed by atoms with van der Waals surface area (Å²) >= 11 is 1.74. The Morgan fingerprint density at radius 3 is 2.61 bits per heavy atom. The Kier molecular flexibility index (Phi) is 4.27. The lowest BCUT2D eigenvalue weighted by Crippen LogP contribution is -1.84. The van der Waals surface area contributed by atoms with Gasteiger partial charge >= 0.3 is 0 Å². The van der Waals surface area contributed by atoms with Crippen LogP contribution in [0.25, 0.3) is 4.85 Å². The smallest absolute Gasteiger partial charge is 0.228 e. The van der Waals surface area contributed by atoms with Crippen molar-refractivity contribution in [3.8, 4) is 5.75 Å². The first-order valence-corrected chi connectivity index (χ1v) is 6.54. The molecule has 0 saturated carbocycles. The zero-order chi connectivity index (χ0) is 12.8. The molecular weight excluding hydrogens is 242 g/mol. The van der Waals surface area contributed by atoms with Crippen LogP contribution >= 0.6 is 11.8 Å². The molecule has 0 unspecified atom stereocenters. The Bertz CT molecular complexity index is 560. The summed E-state index contributed by atoms with van der Waals surface area (Å²) < 4.78 is 5.20. The molecule has 90 valence electrons. The molecule has 2 aromatic carbocycles. The highest BCUT2D eigenvalue weighted by atomic mass is 32.2. The molecule has 0 spiro atoms. The third kappa shape index (κ3) is 3.06. The van der Waals surface area contributed by atoms with Gasteiger partial charge in [-0.2, -0.15) is 0 Å². The van der Waals surface area contributed by atoms with Gasteiger partial charge < -0.3 is 4.74 Å². The summed E-state index contributed by atoms with van der Waals surface area (Å²) in [6, 6.07) is 16.0. The highest BCUT2D eigenvalue weighted by Gasteiger charge is 2.04. The van der Waals surface area contributed by atoms with Crippen molar-refractivity contribution in [2.75, 3.05) is 7.11 Å². The van der Waals surface area contributed by atoms with Crippen LogP contribution in [0.5, 0.6) is 5.75 Å². The highest BCUT2D eigenvalue weighted by Crippen LogP contribution is 2.33. The van der Waals surface area contributed by atoms with E-state index in [1.54, 1.807) is 24.9 Å². The number of rotatable bonds is 4. The fraction of sp³-hybridized carbons (Fsp3) is 0.133. The van der Waals surface area contributed by atoms with Crippen molar-refractivity contribution >= 4 is 17.4 Å². The zero-order valence-corrected chi connectivity index (χ0v) is 10.9. The maximum absolute atomic E-state index is 7.03. The van der Waals surface area contributed by atoms with Crippen LogP contribution in [-0.2, 0) is 5.75 Å². The van der Waals surface area contributed by atoms with E-state index in [1.165, 1.54) is 5.56 Å². The van der Waals surface area contributed by atoms with E-state index in [0.717, 1.165) is 10.6 Å². The second-order valence-corrected chi connectivity index (χ2v) is 4.77. The van der Waals surface area contributed by atoms with Crippen LogP contribution in [0.15, 0.2) is 53.4 Å². The first-order chi connectivity index (χ1) is 8.83. The summed E-state index contributed by atoms with van der Waals surface area (Å²) in [5.74, 6) is 1.56. The molecule has 18 heavy (non-hydrogen) atoms. The summed E-state index contributed by atoms with van der Waals surface area (Å²) in [6.07, 6.45) is 0. The van der Waals surface area contributed by atoms with Gasteiger partial charge in [-0.1, -0.05) is 42.5 Å². The number of methoxy groups -OCH3 is 1. The van der Waals surface area contributed by atoms with E-state index in [-0.39, 0.29) is 0 Å². The van der Waals surface area contributed by atoms with E-state index < -0.39 is 0 Å². The van der Waals surface area contributed by atoms with Crippen LogP contribution in [0.4, 0.5) is 5.69 Å². The molecule has 0 radical (unpaired) electrons. The van der Waals surface area contributed by atoms with Gasteiger partial charge in [0, 0.05) is 10.6 Å². The molecule has 0 aliphatic heterocycles. The fourth-order valence-corrected chi connectivity index (χ4v) is 2.46.